The normalized spacial score (nSPS) is 20.3. The molecule has 21 heavy (non-hydrogen) atoms. The van der Waals surface area contributed by atoms with Crippen molar-refractivity contribution in [3.63, 3.8) is 0 Å². The van der Waals surface area contributed by atoms with Crippen LogP contribution in [0.3, 0.4) is 0 Å². The molecule has 2 heterocycles. The molecular formula is C17H23N3O. The van der Waals surface area contributed by atoms with Crippen LogP contribution < -0.4 is 5.32 Å². The zero-order valence-corrected chi connectivity index (χ0v) is 13.2. The predicted octanol–water partition coefficient (Wildman–Crippen LogP) is 3.49. The summed E-state index contributed by atoms with van der Waals surface area (Å²) in [5, 5.41) is 3.64. The maximum absolute atomic E-state index is 5.88. The molecule has 0 amide bonds. The van der Waals surface area contributed by atoms with Gasteiger partial charge in [0.05, 0.1) is 5.69 Å². The summed E-state index contributed by atoms with van der Waals surface area (Å²) in [5.41, 5.74) is 2.61. The van der Waals surface area contributed by atoms with Gasteiger partial charge in [0.15, 0.2) is 0 Å². The summed E-state index contributed by atoms with van der Waals surface area (Å²) in [7, 11) is 0. The second-order valence-corrected chi connectivity index (χ2v) is 6.81. The molecule has 3 rings (SSSR count). The van der Waals surface area contributed by atoms with E-state index < -0.39 is 0 Å². The average Bonchev–Trinajstić information content (AvgIpc) is 2.75. The predicted molar refractivity (Wildman–Crippen MR) is 81.9 cm³/mol. The quantitative estimate of drug-likeness (QED) is 0.938. The Balaban J connectivity index is 1.78. The maximum atomic E-state index is 5.88. The van der Waals surface area contributed by atoms with Crippen LogP contribution in [0.2, 0.25) is 0 Å². The number of nitrogens with zero attached hydrogens (tertiary/aromatic N) is 2. The van der Waals surface area contributed by atoms with Crippen LogP contribution in [0.5, 0.6) is 0 Å². The lowest BCUT2D eigenvalue weighted by molar-refractivity contribution is 0.233. The van der Waals surface area contributed by atoms with Crippen LogP contribution in [-0.2, 0) is 13.0 Å². The van der Waals surface area contributed by atoms with Crippen molar-refractivity contribution in [2.75, 3.05) is 0 Å². The fraction of sp³-hybridized carbons (Fsp3) is 0.529. The van der Waals surface area contributed by atoms with Gasteiger partial charge < -0.3 is 9.73 Å². The van der Waals surface area contributed by atoms with Crippen molar-refractivity contribution in [1.82, 2.24) is 15.3 Å². The Labute approximate surface area is 126 Å². The summed E-state index contributed by atoms with van der Waals surface area (Å²) in [6.45, 7) is 9.31. The fourth-order valence-corrected chi connectivity index (χ4v) is 3.20. The molecule has 1 unspecified atom stereocenters. The first kappa shape index (κ1) is 14.3. The third-order valence-electron chi connectivity index (χ3n) is 4.10. The van der Waals surface area contributed by atoms with Gasteiger partial charge in [-0.3, -0.25) is 0 Å². The summed E-state index contributed by atoms with van der Waals surface area (Å²) < 4.78 is 5.88. The van der Waals surface area contributed by atoms with Gasteiger partial charge in [0.2, 0.25) is 0 Å². The minimum atomic E-state index is 0.260. The van der Waals surface area contributed by atoms with Crippen LogP contribution in [0.1, 0.15) is 54.9 Å². The van der Waals surface area contributed by atoms with Crippen LogP contribution in [-0.4, -0.2) is 9.97 Å². The van der Waals surface area contributed by atoms with Gasteiger partial charge in [-0.05, 0) is 37.8 Å². The molecule has 1 N–H and O–H groups in total. The Morgan fingerprint density at radius 1 is 1.38 bits per heavy atom. The number of hydrogen-bond donors (Lipinski definition) is 1. The molecule has 1 aliphatic carbocycles. The van der Waals surface area contributed by atoms with Gasteiger partial charge in [-0.1, -0.05) is 13.8 Å². The average molecular weight is 285 g/mol. The van der Waals surface area contributed by atoms with Crippen LogP contribution in [0, 0.1) is 19.3 Å². The maximum Gasteiger partial charge on any atom is 0.125 e. The molecule has 2 aromatic heterocycles. The molecule has 2 aromatic rings. The van der Waals surface area contributed by atoms with E-state index in [0.29, 0.717) is 6.04 Å². The lowest BCUT2D eigenvalue weighted by Gasteiger charge is -2.34. The van der Waals surface area contributed by atoms with E-state index >= 15 is 0 Å². The highest BCUT2D eigenvalue weighted by Crippen LogP contribution is 2.42. The Morgan fingerprint density at radius 3 is 2.95 bits per heavy atom. The van der Waals surface area contributed by atoms with E-state index in [1.165, 1.54) is 5.56 Å². The van der Waals surface area contributed by atoms with Crippen LogP contribution >= 0.6 is 0 Å². The monoisotopic (exact) mass is 285 g/mol. The summed E-state index contributed by atoms with van der Waals surface area (Å²) >= 11 is 0. The van der Waals surface area contributed by atoms with Crippen molar-refractivity contribution < 1.29 is 4.42 Å². The number of nitrogens with one attached hydrogen (secondary N) is 1. The van der Waals surface area contributed by atoms with Crippen molar-refractivity contribution in [2.45, 2.75) is 53.1 Å². The van der Waals surface area contributed by atoms with E-state index in [0.717, 1.165) is 42.4 Å². The number of furan rings is 1. The largest absolute Gasteiger partial charge is 0.466 e. The molecule has 0 bridgehead atoms. The van der Waals surface area contributed by atoms with Crippen LogP contribution in [0.4, 0.5) is 0 Å². The summed E-state index contributed by atoms with van der Waals surface area (Å²) in [6.07, 6.45) is 3.95. The number of aromatic nitrogens is 2. The number of hydrogen-bond acceptors (Lipinski definition) is 4. The van der Waals surface area contributed by atoms with E-state index in [9.17, 15) is 0 Å². The number of rotatable bonds is 3. The van der Waals surface area contributed by atoms with Crippen molar-refractivity contribution in [2.24, 2.45) is 5.41 Å². The molecule has 0 spiro atoms. The molecule has 0 saturated heterocycles. The molecule has 0 fully saturated rings. The zero-order chi connectivity index (χ0) is 15.0. The highest BCUT2D eigenvalue weighted by atomic mass is 16.3. The van der Waals surface area contributed by atoms with E-state index in [1.807, 2.05) is 26.1 Å². The van der Waals surface area contributed by atoms with Gasteiger partial charge in [-0.2, -0.15) is 0 Å². The molecule has 0 aromatic carbocycles. The van der Waals surface area contributed by atoms with E-state index in [-0.39, 0.29) is 5.41 Å². The first-order valence-corrected chi connectivity index (χ1v) is 7.54. The summed E-state index contributed by atoms with van der Waals surface area (Å²) in [5.74, 6) is 2.96. The molecule has 1 atom stereocenters. The first-order chi connectivity index (χ1) is 9.93. The molecule has 112 valence electrons. The zero-order valence-electron chi connectivity index (χ0n) is 13.2. The van der Waals surface area contributed by atoms with Crippen molar-refractivity contribution in [3.05, 3.63) is 46.9 Å². The van der Waals surface area contributed by atoms with Crippen molar-refractivity contribution in [1.29, 1.82) is 0 Å². The Morgan fingerprint density at radius 2 is 2.19 bits per heavy atom. The highest BCUT2D eigenvalue weighted by Gasteiger charge is 2.34. The SMILES string of the molecule is Cc1nccc(CNC2CC(C)(C)Cc3oc(C)cc32)n1. The van der Waals surface area contributed by atoms with Gasteiger partial charge in [0, 0.05) is 30.8 Å². The third kappa shape index (κ3) is 3.16. The van der Waals surface area contributed by atoms with E-state index in [2.05, 4.69) is 35.2 Å². The molecule has 4 heteroatoms. The second kappa shape index (κ2) is 5.26. The molecule has 0 radical (unpaired) electrons. The Kier molecular flexibility index (Phi) is 3.57. The van der Waals surface area contributed by atoms with Gasteiger partial charge in [-0.25, -0.2) is 9.97 Å². The number of fused-ring (bicyclic) bond motifs is 1. The third-order valence-corrected chi connectivity index (χ3v) is 4.10. The second-order valence-electron chi connectivity index (χ2n) is 6.81. The topological polar surface area (TPSA) is 51.0 Å². The fourth-order valence-electron chi connectivity index (χ4n) is 3.20. The van der Waals surface area contributed by atoms with Crippen molar-refractivity contribution >= 4 is 0 Å². The van der Waals surface area contributed by atoms with Gasteiger partial charge in [0.25, 0.3) is 0 Å². The molecular weight excluding hydrogens is 262 g/mol. The molecule has 0 aliphatic heterocycles. The number of aryl methyl sites for hydroxylation is 2. The Bertz CT molecular complexity index is 645. The molecule has 1 aliphatic rings. The van der Waals surface area contributed by atoms with Gasteiger partial charge in [0.1, 0.15) is 17.3 Å². The van der Waals surface area contributed by atoms with Gasteiger partial charge >= 0.3 is 0 Å². The molecule has 4 nitrogen and oxygen atoms in total. The smallest absolute Gasteiger partial charge is 0.125 e. The van der Waals surface area contributed by atoms with Crippen LogP contribution in [0.25, 0.3) is 0 Å². The van der Waals surface area contributed by atoms with E-state index in [4.69, 9.17) is 4.42 Å². The van der Waals surface area contributed by atoms with Gasteiger partial charge in [-0.15, -0.1) is 0 Å². The minimum absolute atomic E-state index is 0.260. The minimum Gasteiger partial charge on any atom is -0.466 e. The van der Waals surface area contributed by atoms with E-state index in [1.54, 1.807) is 0 Å². The highest BCUT2D eigenvalue weighted by molar-refractivity contribution is 5.29. The summed E-state index contributed by atoms with van der Waals surface area (Å²) in [4.78, 5) is 8.60. The summed E-state index contributed by atoms with van der Waals surface area (Å²) in [6, 6.07) is 4.47. The standard InChI is InChI=1S/C17H23N3O/c1-11-7-14-15(8-17(3,4)9-16(14)21-11)19-10-13-5-6-18-12(2)20-13/h5-7,15,19H,8-10H2,1-4H3. The van der Waals surface area contributed by atoms with Crippen LogP contribution in [0.15, 0.2) is 22.7 Å². The molecule has 0 saturated carbocycles. The lowest BCUT2D eigenvalue weighted by atomic mass is 9.74. The lowest BCUT2D eigenvalue weighted by Crippen LogP contribution is -2.32. The first-order valence-electron chi connectivity index (χ1n) is 7.54. The Hall–Kier alpha value is -1.68. The van der Waals surface area contributed by atoms with Crippen molar-refractivity contribution in [3.8, 4) is 0 Å².